The van der Waals surface area contributed by atoms with Crippen LogP contribution in [0.4, 0.5) is 16.2 Å². The summed E-state index contributed by atoms with van der Waals surface area (Å²) in [5, 5.41) is 11.6. The van der Waals surface area contributed by atoms with Crippen LogP contribution in [0.15, 0.2) is 27.4 Å². The SMILES string of the molecule is Cc1[nH]c(C(=O)Nc2ccc(C(=O)NCc3n[nH]c(=O)o3)cc2N2CCN(C(=O)OC(C)(C)C)CC2)c(Cl)c1Cl. The molecule has 0 saturated carbocycles. The van der Waals surface area contributed by atoms with Crippen LogP contribution in [-0.4, -0.2) is 69.8 Å². The zero-order valence-corrected chi connectivity index (χ0v) is 23.8. The van der Waals surface area contributed by atoms with Gasteiger partial charge in [-0.1, -0.05) is 23.2 Å². The molecule has 1 saturated heterocycles. The van der Waals surface area contributed by atoms with E-state index in [4.69, 9.17) is 32.4 Å². The molecule has 0 bridgehead atoms. The second-order valence-electron chi connectivity index (χ2n) is 10.1. The molecule has 1 aliphatic rings. The van der Waals surface area contributed by atoms with E-state index in [1.165, 1.54) is 0 Å². The Bertz CT molecular complexity index is 1480. The van der Waals surface area contributed by atoms with Gasteiger partial charge >= 0.3 is 11.8 Å². The number of rotatable bonds is 6. The van der Waals surface area contributed by atoms with E-state index in [9.17, 15) is 19.2 Å². The predicted octanol–water partition coefficient (Wildman–Crippen LogP) is 3.55. The Morgan fingerprint density at radius 1 is 1.10 bits per heavy atom. The van der Waals surface area contributed by atoms with E-state index < -0.39 is 29.3 Å². The molecule has 13 nitrogen and oxygen atoms in total. The molecule has 15 heteroatoms. The van der Waals surface area contributed by atoms with E-state index in [-0.39, 0.29) is 33.7 Å². The van der Waals surface area contributed by atoms with Crippen LogP contribution >= 0.6 is 23.2 Å². The number of aromatic nitrogens is 3. The van der Waals surface area contributed by atoms with Crippen LogP contribution in [0.1, 0.15) is 53.2 Å². The van der Waals surface area contributed by atoms with Gasteiger partial charge in [0.05, 0.1) is 28.0 Å². The Morgan fingerprint density at radius 2 is 1.80 bits per heavy atom. The maximum atomic E-state index is 13.1. The average Bonchev–Trinajstić information content (AvgIpc) is 3.44. The molecule has 3 aromatic rings. The molecular formula is C25H29Cl2N7O6. The molecule has 4 rings (SSSR count). The first kappa shape index (κ1) is 29.0. The minimum Gasteiger partial charge on any atom is -0.444 e. The molecule has 2 aromatic heterocycles. The molecule has 0 unspecified atom stereocenters. The molecule has 3 amide bonds. The summed E-state index contributed by atoms with van der Waals surface area (Å²) >= 11 is 12.4. The third-order valence-corrected chi connectivity index (χ3v) is 6.89. The fourth-order valence-electron chi connectivity index (χ4n) is 4.00. The number of carbonyl (C=O) groups is 3. The molecule has 0 spiro atoms. The summed E-state index contributed by atoms with van der Waals surface area (Å²) in [4.78, 5) is 56.1. The Balaban J connectivity index is 1.56. The van der Waals surface area contributed by atoms with Crippen molar-refractivity contribution in [1.29, 1.82) is 0 Å². The first-order valence-electron chi connectivity index (χ1n) is 12.4. The van der Waals surface area contributed by atoms with E-state index in [2.05, 4.69) is 25.8 Å². The fourth-order valence-corrected chi connectivity index (χ4v) is 4.42. The van der Waals surface area contributed by atoms with E-state index in [1.54, 1.807) is 50.8 Å². The molecule has 40 heavy (non-hydrogen) atoms. The molecule has 1 fully saturated rings. The first-order valence-corrected chi connectivity index (χ1v) is 13.1. The number of hydrogen-bond donors (Lipinski definition) is 4. The number of nitrogens with zero attached hydrogens (tertiary/aromatic N) is 3. The van der Waals surface area contributed by atoms with Crippen molar-refractivity contribution in [3.8, 4) is 0 Å². The quantitative estimate of drug-likeness (QED) is 0.336. The number of ether oxygens (including phenoxy) is 1. The van der Waals surface area contributed by atoms with Crippen molar-refractivity contribution in [3.63, 3.8) is 0 Å². The first-order chi connectivity index (χ1) is 18.8. The van der Waals surface area contributed by atoms with Gasteiger partial charge in [0.15, 0.2) is 0 Å². The molecule has 1 aliphatic heterocycles. The van der Waals surface area contributed by atoms with Gasteiger partial charge in [-0.2, -0.15) is 0 Å². The standard InChI is InChI=1S/C25H29Cl2N7O6/c1-13-18(26)19(27)20(29-13)22(36)30-15-6-5-14(21(35)28-12-17-31-32-23(37)39-17)11-16(15)33-7-9-34(10-8-33)24(38)40-25(2,3)4/h5-6,11,29H,7-10,12H2,1-4H3,(H,28,35)(H,30,36)(H,32,37). The topological polar surface area (TPSA) is 166 Å². The van der Waals surface area contributed by atoms with Gasteiger partial charge in [-0.05, 0) is 45.9 Å². The van der Waals surface area contributed by atoms with Gasteiger partial charge < -0.3 is 34.6 Å². The lowest BCUT2D eigenvalue weighted by Gasteiger charge is -2.37. The number of hydrogen-bond acceptors (Lipinski definition) is 8. The van der Waals surface area contributed by atoms with Crippen molar-refractivity contribution < 1.29 is 23.5 Å². The summed E-state index contributed by atoms with van der Waals surface area (Å²) < 4.78 is 10.3. The Labute approximate surface area is 239 Å². The molecule has 1 aromatic carbocycles. The van der Waals surface area contributed by atoms with Gasteiger partial charge in [-0.3, -0.25) is 9.59 Å². The third kappa shape index (κ3) is 6.77. The minimum atomic E-state index is -0.726. The van der Waals surface area contributed by atoms with Crippen molar-refractivity contribution in [2.75, 3.05) is 36.4 Å². The Morgan fingerprint density at radius 3 is 2.38 bits per heavy atom. The average molecular weight is 594 g/mol. The van der Waals surface area contributed by atoms with E-state index in [0.717, 1.165) is 0 Å². The van der Waals surface area contributed by atoms with Crippen molar-refractivity contribution in [1.82, 2.24) is 25.4 Å². The van der Waals surface area contributed by atoms with Crippen LogP contribution < -0.4 is 21.3 Å². The summed E-state index contributed by atoms with van der Waals surface area (Å²) in [5.74, 6) is -1.67. The molecule has 0 atom stereocenters. The lowest BCUT2D eigenvalue weighted by atomic mass is 10.1. The maximum absolute atomic E-state index is 13.1. The number of benzene rings is 1. The molecular weight excluding hydrogens is 565 g/mol. The molecule has 0 aliphatic carbocycles. The third-order valence-electron chi connectivity index (χ3n) is 5.94. The number of carbonyl (C=O) groups excluding carboxylic acids is 3. The number of H-pyrrole nitrogens is 2. The van der Waals surface area contributed by atoms with Crippen LogP contribution in [0.5, 0.6) is 0 Å². The smallest absolute Gasteiger partial charge is 0.434 e. The normalized spacial score (nSPS) is 13.8. The van der Waals surface area contributed by atoms with E-state index >= 15 is 0 Å². The van der Waals surface area contributed by atoms with Gasteiger partial charge in [-0.25, -0.2) is 14.7 Å². The van der Waals surface area contributed by atoms with Gasteiger partial charge in [-0.15, -0.1) is 5.10 Å². The lowest BCUT2D eigenvalue weighted by molar-refractivity contribution is 0.0240. The predicted molar refractivity (Wildman–Crippen MR) is 148 cm³/mol. The summed E-state index contributed by atoms with van der Waals surface area (Å²) in [6.07, 6.45) is -0.410. The van der Waals surface area contributed by atoms with E-state index in [1.807, 2.05) is 4.90 Å². The van der Waals surface area contributed by atoms with Crippen molar-refractivity contribution in [2.45, 2.75) is 39.8 Å². The zero-order chi connectivity index (χ0) is 29.2. The summed E-state index contributed by atoms with van der Waals surface area (Å²) in [5.41, 5.74) is 1.30. The fraction of sp³-hybridized carbons (Fsp3) is 0.400. The number of aromatic amines is 2. The Hall–Kier alpha value is -3.97. The zero-order valence-electron chi connectivity index (χ0n) is 22.3. The highest BCUT2D eigenvalue weighted by Gasteiger charge is 2.28. The highest BCUT2D eigenvalue weighted by atomic mass is 35.5. The number of nitrogens with one attached hydrogen (secondary N) is 4. The number of aryl methyl sites for hydroxylation is 1. The molecule has 3 heterocycles. The van der Waals surface area contributed by atoms with Crippen LogP contribution in [0.3, 0.4) is 0 Å². The molecule has 0 radical (unpaired) electrons. The van der Waals surface area contributed by atoms with Gasteiger partial charge in [0.1, 0.15) is 11.3 Å². The minimum absolute atomic E-state index is 0.0255. The van der Waals surface area contributed by atoms with Crippen LogP contribution in [0.25, 0.3) is 0 Å². The van der Waals surface area contributed by atoms with Crippen LogP contribution in [0.2, 0.25) is 10.0 Å². The van der Waals surface area contributed by atoms with Gasteiger partial charge in [0, 0.05) is 37.4 Å². The molecule has 214 valence electrons. The van der Waals surface area contributed by atoms with Gasteiger partial charge in [0.2, 0.25) is 5.89 Å². The largest absolute Gasteiger partial charge is 0.444 e. The highest BCUT2D eigenvalue weighted by Crippen LogP contribution is 2.32. The summed E-state index contributed by atoms with van der Waals surface area (Å²) in [6, 6.07) is 4.77. The number of halogens is 2. The van der Waals surface area contributed by atoms with Crippen molar-refractivity contribution in [2.24, 2.45) is 0 Å². The second-order valence-corrected chi connectivity index (χ2v) is 10.8. The van der Waals surface area contributed by atoms with Crippen molar-refractivity contribution in [3.05, 3.63) is 61.6 Å². The van der Waals surface area contributed by atoms with Crippen molar-refractivity contribution >= 4 is 52.5 Å². The van der Waals surface area contributed by atoms with E-state index in [0.29, 0.717) is 43.2 Å². The lowest BCUT2D eigenvalue weighted by Crippen LogP contribution is -2.50. The monoisotopic (exact) mass is 593 g/mol. The molecule has 4 N–H and O–H groups in total. The van der Waals surface area contributed by atoms with Crippen LogP contribution in [-0.2, 0) is 11.3 Å². The highest BCUT2D eigenvalue weighted by molar-refractivity contribution is 6.44. The maximum Gasteiger partial charge on any atom is 0.434 e. The number of piperazine rings is 1. The second kappa shape index (κ2) is 11.6. The summed E-state index contributed by atoms with van der Waals surface area (Å²) in [6.45, 7) is 8.57. The number of amides is 3. The summed E-state index contributed by atoms with van der Waals surface area (Å²) in [7, 11) is 0. The Kier molecular flexibility index (Phi) is 8.45. The number of anilines is 2. The van der Waals surface area contributed by atoms with Gasteiger partial charge in [0.25, 0.3) is 11.8 Å². The van der Waals surface area contributed by atoms with Crippen LogP contribution in [0, 0.1) is 6.92 Å².